The fraction of sp³-hybridized carbons (Fsp3) is 0.773. The highest BCUT2D eigenvalue weighted by Crippen LogP contribution is 2.13. The minimum atomic E-state index is -1.26. The third-order valence-corrected chi connectivity index (χ3v) is 5.97. The van der Waals surface area contributed by atoms with Crippen LogP contribution in [0.15, 0.2) is 4.99 Å². The van der Waals surface area contributed by atoms with Gasteiger partial charge in [0.05, 0.1) is 6.10 Å². The molecule has 0 aromatic carbocycles. The molecule has 0 fully saturated rings. The molecular weight excluding hydrogens is 458 g/mol. The number of carboxylic acid groups (broad SMARTS) is 1. The molecule has 0 bridgehead atoms. The molecule has 3 amide bonds. The monoisotopic (exact) mass is 501 g/mol. The van der Waals surface area contributed by atoms with Crippen molar-refractivity contribution >= 4 is 29.7 Å². The van der Waals surface area contributed by atoms with Crippen LogP contribution >= 0.6 is 0 Å². The smallest absolute Gasteiger partial charge is 0.326 e. The summed E-state index contributed by atoms with van der Waals surface area (Å²) in [6, 6.07) is -4.51. The first kappa shape index (κ1) is 32.1. The Balaban J connectivity index is 5.70. The number of carboxylic acids is 1. The molecule has 0 aliphatic carbocycles. The summed E-state index contributed by atoms with van der Waals surface area (Å²) in [6.07, 6.45) is 0.363. The van der Waals surface area contributed by atoms with Gasteiger partial charge < -0.3 is 43.4 Å². The van der Waals surface area contributed by atoms with Gasteiger partial charge in [0.15, 0.2) is 5.96 Å². The Kier molecular flexibility index (Phi) is 14.5. The number of carbonyl (C=O) groups is 4. The minimum Gasteiger partial charge on any atom is -0.480 e. The number of nitrogens with zero attached hydrogens (tertiary/aromatic N) is 1. The summed E-state index contributed by atoms with van der Waals surface area (Å²) in [4.78, 5) is 54.0. The second-order valence-corrected chi connectivity index (χ2v) is 8.86. The molecule has 0 spiro atoms. The summed E-state index contributed by atoms with van der Waals surface area (Å²) in [6.45, 7) is 8.65. The number of aliphatic hydroxyl groups is 1. The molecule has 7 atom stereocenters. The summed E-state index contributed by atoms with van der Waals surface area (Å²) in [7, 11) is 0. The Morgan fingerprint density at radius 2 is 1.37 bits per heavy atom. The summed E-state index contributed by atoms with van der Waals surface area (Å²) in [5.74, 6) is -3.97. The Labute approximate surface area is 206 Å². The van der Waals surface area contributed by atoms with E-state index in [1.807, 2.05) is 13.8 Å². The summed E-state index contributed by atoms with van der Waals surface area (Å²) in [5, 5.41) is 26.8. The first-order chi connectivity index (χ1) is 16.3. The van der Waals surface area contributed by atoms with Crippen molar-refractivity contribution in [2.24, 2.45) is 34.0 Å². The maximum atomic E-state index is 13.1. The molecule has 0 aromatic heterocycles. The average Bonchev–Trinajstić information content (AvgIpc) is 2.80. The number of hydrogen-bond donors (Lipinski definition) is 8. The second-order valence-electron chi connectivity index (χ2n) is 8.86. The van der Waals surface area contributed by atoms with E-state index in [4.69, 9.17) is 17.2 Å². The van der Waals surface area contributed by atoms with Gasteiger partial charge in [-0.05, 0) is 31.6 Å². The zero-order valence-electron chi connectivity index (χ0n) is 21.3. The molecule has 35 heavy (non-hydrogen) atoms. The van der Waals surface area contributed by atoms with Crippen LogP contribution in [0.25, 0.3) is 0 Å². The van der Waals surface area contributed by atoms with Crippen LogP contribution in [0, 0.1) is 11.8 Å². The van der Waals surface area contributed by atoms with Crippen LogP contribution in [0.1, 0.15) is 60.3 Å². The number of nitrogens with two attached hydrogens (primary N) is 3. The van der Waals surface area contributed by atoms with E-state index in [1.54, 1.807) is 13.8 Å². The number of carbonyl (C=O) groups excluding carboxylic acids is 3. The second kappa shape index (κ2) is 15.9. The van der Waals surface area contributed by atoms with Crippen molar-refractivity contribution in [3.05, 3.63) is 0 Å². The van der Waals surface area contributed by atoms with E-state index >= 15 is 0 Å². The summed E-state index contributed by atoms with van der Waals surface area (Å²) < 4.78 is 0. The lowest BCUT2D eigenvalue weighted by atomic mass is 9.95. The van der Waals surface area contributed by atoms with Crippen LogP contribution in [0.5, 0.6) is 0 Å². The number of aliphatic carboxylic acids is 1. The lowest BCUT2D eigenvalue weighted by Crippen LogP contribution is -2.59. The fourth-order valence-corrected chi connectivity index (χ4v) is 3.14. The quantitative estimate of drug-likeness (QED) is 0.0688. The topological polar surface area (TPSA) is 235 Å². The zero-order chi connectivity index (χ0) is 27.3. The van der Waals surface area contributed by atoms with Crippen LogP contribution < -0.4 is 33.2 Å². The SMILES string of the molecule is CCC(C)C(NC(=O)C(NC(=O)C(CCCN=C(N)N)NC(=O)C(N)C(C)O)C(C)CC)C(=O)O. The predicted octanol–water partition coefficient (Wildman–Crippen LogP) is -1.62. The van der Waals surface area contributed by atoms with Crippen LogP contribution in [0.2, 0.25) is 0 Å². The van der Waals surface area contributed by atoms with Gasteiger partial charge in [-0.1, -0.05) is 40.5 Å². The lowest BCUT2D eigenvalue weighted by molar-refractivity contribution is -0.144. The number of nitrogens with one attached hydrogen (secondary N) is 3. The highest BCUT2D eigenvalue weighted by atomic mass is 16.4. The van der Waals surface area contributed by atoms with Crippen LogP contribution in [-0.4, -0.2) is 76.7 Å². The third kappa shape index (κ3) is 11.4. The minimum absolute atomic E-state index is 0.117. The van der Waals surface area contributed by atoms with Gasteiger partial charge in [0, 0.05) is 6.54 Å². The molecule has 7 unspecified atom stereocenters. The molecule has 0 saturated heterocycles. The van der Waals surface area contributed by atoms with E-state index in [2.05, 4.69) is 20.9 Å². The van der Waals surface area contributed by atoms with E-state index in [9.17, 15) is 29.4 Å². The number of hydrogen-bond acceptors (Lipinski definition) is 7. The fourth-order valence-electron chi connectivity index (χ4n) is 3.14. The Bertz CT molecular complexity index is 742. The van der Waals surface area contributed by atoms with E-state index in [0.29, 0.717) is 19.3 Å². The molecule has 0 rings (SSSR count). The van der Waals surface area contributed by atoms with Gasteiger partial charge in [0.25, 0.3) is 0 Å². The lowest BCUT2D eigenvalue weighted by Gasteiger charge is -2.29. The molecule has 0 heterocycles. The molecule has 0 aromatic rings. The van der Waals surface area contributed by atoms with E-state index in [0.717, 1.165) is 0 Å². The van der Waals surface area contributed by atoms with Gasteiger partial charge >= 0.3 is 5.97 Å². The molecule has 202 valence electrons. The normalized spacial score (nSPS) is 17.0. The zero-order valence-corrected chi connectivity index (χ0v) is 21.3. The van der Waals surface area contributed by atoms with Crippen molar-refractivity contribution in [3.63, 3.8) is 0 Å². The number of guanidine groups is 1. The summed E-state index contributed by atoms with van der Waals surface area (Å²) in [5.41, 5.74) is 16.3. The van der Waals surface area contributed by atoms with E-state index in [1.165, 1.54) is 6.92 Å². The Hall–Kier alpha value is -2.93. The van der Waals surface area contributed by atoms with Gasteiger partial charge in [-0.25, -0.2) is 4.79 Å². The van der Waals surface area contributed by atoms with Gasteiger partial charge in [-0.3, -0.25) is 19.4 Å². The van der Waals surface area contributed by atoms with Crippen LogP contribution in [0.4, 0.5) is 0 Å². The molecule has 13 nitrogen and oxygen atoms in total. The number of aliphatic hydroxyl groups excluding tert-OH is 1. The molecule has 0 aliphatic heterocycles. The largest absolute Gasteiger partial charge is 0.480 e. The standard InChI is InChI=1S/C22H43N7O6/c1-6-11(3)16(20(33)29-17(21(34)35)12(4)7-2)28-18(31)14(9-8-10-26-22(24)25)27-19(32)15(23)13(5)30/h11-17,30H,6-10,23H2,1-5H3,(H,27,32)(H,28,31)(H,29,33)(H,34,35)(H4,24,25,26). The van der Waals surface area contributed by atoms with E-state index < -0.39 is 54.0 Å². The average molecular weight is 502 g/mol. The number of rotatable bonds is 16. The third-order valence-electron chi connectivity index (χ3n) is 5.97. The molecular formula is C22H43N7O6. The van der Waals surface area contributed by atoms with Gasteiger partial charge in [0.1, 0.15) is 24.2 Å². The highest BCUT2D eigenvalue weighted by Gasteiger charge is 2.34. The summed E-state index contributed by atoms with van der Waals surface area (Å²) >= 11 is 0. The highest BCUT2D eigenvalue weighted by molar-refractivity contribution is 5.94. The maximum Gasteiger partial charge on any atom is 0.326 e. The van der Waals surface area contributed by atoms with Crippen molar-refractivity contribution in [1.29, 1.82) is 0 Å². The van der Waals surface area contributed by atoms with Crippen LogP contribution in [0.3, 0.4) is 0 Å². The molecule has 0 aliphatic rings. The number of aliphatic imine (C=N–C) groups is 1. The van der Waals surface area contributed by atoms with Crippen molar-refractivity contribution in [3.8, 4) is 0 Å². The Morgan fingerprint density at radius 3 is 1.83 bits per heavy atom. The van der Waals surface area contributed by atoms with Gasteiger partial charge in [0.2, 0.25) is 17.7 Å². The van der Waals surface area contributed by atoms with E-state index in [-0.39, 0.29) is 30.8 Å². The van der Waals surface area contributed by atoms with Crippen molar-refractivity contribution in [2.75, 3.05) is 6.54 Å². The first-order valence-corrected chi connectivity index (χ1v) is 11.9. The van der Waals surface area contributed by atoms with Crippen molar-refractivity contribution in [1.82, 2.24) is 16.0 Å². The van der Waals surface area contributed by atoms with Gasteiger partial charge in [-0.2, -0.15) is 0 Å². The Morgan fingerprint density at radius 1 is 0.857 bits per heavy atom. The van der Waals surface area contributed by atoms with Crippen molar-refractivity contribution < 1.29 is 29.4 Å². The predicted molar refractivity (Wildman–Crippen MR) is 132 cm³/mol. The first-order valence-electron chi connectivity index (χ1n) is 11.9. The van der Waals surface area contributed by atoms with Crippen LogP contribution in [-0.2, 0) is 19.2 Å². The molecule has 0 saturated carbocycles. The molecule has 0 radical (unpaired) electrons. The van der Waals surface area contributed by atoms with Crippen molar-refractivity contribution in [2.45, 2.75) is 90.6 Å². The maximum absolute atomic E-state index is 13.1. The molecule has 11 N–H and O–H groups in total. The molecule has 13 heteroatoms. The number of amides is 3. The van der Waals surface area contributed by atoms with Gasteiger partial charge in [-0.15, -0.1) is 0 Å².